The number of rotatable bonds is 3. The number of nitrogens with zero attached hydrogens (tertiary/aromatic N) is 3. The number of aryl methyl sites for hydroxylation is 1. The Morgan fingerprint density at radius 3 is 2.88 bits per heavy atom. The summed E-state index contributed by atoms with van der Waals surface area (Å²) < 4.78 is 1.93. The number of hydrogen-bond donors (Lipinski definition) is 1. The Hall–Kier alpha value is -2.18. The molecule has 0 radical (unpaired) electrons. The summed E-state index contributed by atoms with van der Waals surface area (Å²) >= 11 is 1.52. The fraction of sp³-hybridized carbons (Fsp3) is 0.333. The topological polar surface area (TPSA) is 64.2 Å². The Balaban J connectivity index is 1.70. The highest BCUT2D eigenvalue weighted by molar-refractivity contribution is 7.20. The number of hydrogen-bond acceptors (Lipinski definition) is 4. The molecular weight excluding hydrogens is 320 g/mol. The molecule has 0 aliphatic carbocycles. The molecule has 1 aromatic carbocycles. The Kier molecular flexibility index (Phi) is 3.86. The van der Waals surface area contributed by atoms with Crippen LogP contribution >= 0.6 is 11.3 Å². The number of fused-ring (bicyclic) bond motifs is 1. The van der Waals surface area contributed by atoms with E-state index in [-0.39, 0.29) is 5.91 Å². The molecular formula is C18H20N4OS. The van der Waals surface area contributed by atoms with E-state index < -0.39 is 0 Å². The summed E-state index contributed by atoms with van der Waals surface area (Å²) in [4.78, 5) is 16.5. The summed E-state index contributed by atoms with van der Waals surface area (Å²) in [5.74, 6) is 0.552. The molecule has 0 spiro atoms. The molecule has 1 aliphatic rings. The first-order chi connectivity index (χ1) is 11.7. The van der Waals surface area contributed by atoms with Crippen LogP contribution in [0.1, 0.15) is 21.8 Å². The van der Waals surface area contributed by atoms with Crippen molar-refractivity contribution in [1.82, 2.24) is 14.7 Å². The number of likely N-dealkylation sites (tertiary alicyclic amines) is 1. The maximum absolute atomic E-state index is 12.8. The number of nitrogens with two attached hydrogens (primary N) is 1. The van der Waals surface area contributed by atoms with Crippen LogP contribution in [0.3, 0.4) is 0 Å². The lowest BCUT2D eigenvalue weighted by Crippen LogP contribution is -2.29. The lowest BCUT2D eigenvalue weighted by molar-refractivity contribution is 0.0792. The molecule has 1 amide bonds. The first kappa shape index (κ1) is 15.4. The van der Waals surface area contributed by atoms with Crippen LogP contribution in [0.5, 0.6) is 0 Å². The van der Waals surface area contributed by atoms with Crippen molar-refractivity contribution in [3.05, 3.63) is 47.0 Å². The zero-order valence-electron chi connectivity index (χ0n) is 13.6. The van der Waals surface area contributed by atoms with E-state index in [1.54, 1.807) is 0 Å². The van der Waals surface area contributed by atoms with Gasteiger partial charge in [0, 0.05) is 18.5 Å². The molecule has 6 heteroatoms. The Morgan fingerprint density at radius 2 is 2.17 bits per heavy atom. The van der Waals surface area contributed by atoms with Crippen molar-refractivity contribution >= 4 is 27.5 Å². The monoisotopic (exact) mass is 340 g/mol. The minimum Gasteiger partial charge on any atom is -0.338 e. The van der Waals surface area contributed by atoms with Gasteiger partial charge in [-0.3, -0.25) is 4.79 Å². The highest BCUT2D eigenvalue weighted by atomic mass is 32.1. The molecule has 124 valence electrons. The quantitative estimate of drug-likeness (QED) is 0.797. The van der Waals surface area contributed by atoms with Gasteiger partial charge in [0.2, 0.25) is 0 Å². The molecule has 2 N–H and O–H groups in total. The number of benzene rings is 1. The van der Waals surface area contributed by atoms with E-state index in [4.69, 9.17) is 5.73 Å². The standard InChI is InChI=1S/C18H20N4OS/c1-12-15-9-16(17(23)21-8-7-13(10-19)11-21)24-18(15)22(20-12)14-5-3-2-4-6-14/h2-6,9,13H,7-8,10-11,19H2,1H3. The van der Waals surface area contributed by atoms with Crippen molar-refractivity contribution in [2.24, 2.45) is 11.7 Å². The van der Waals surface area contributed by atoms with Crippen LogP contribution in [0.4, 0.5) is 0 Å². The highest BCUT2D eigenvalue weighted by Gasteiger charge is 2.28. The first-order valence-corrected chi connectivity index (χ1v) is 9.03. The molecule has 1 saturated heterocycles. The van der Waals surface area contributed by atoms with Crippen molar-refractivity contribution in [3.63, 3.8) is 0 Å². The van der Waals surface area contributed by atoms with Gasteiger partial charge in [-0.05, 0) is 44.0 Å². The number of carbonyl (C=O) groups is 1. The number of carbonyl (C=O) groups excluding carboxylic acids is 1. The van der Waals surface area contributed by atoms with Crippen LogP contribution in [-0.2, 0) is 0 Å². The Bertz CT molecular complexity index is 883. The van der Waals surface area contributed by atoms with Crippen molar-refractivity contribution in [3.8, 4) is 5.69 Å². The second-order valence-corrected chi connectivity index (χ2v) is 7.33. The van der Waals surface area contributed by atoms with E-state index >= 15 is 0 Å². The summed E-state index contributed by atoms with van der Waals surface area (Å²) in [6, 6.07) is 12.0. The number of thiophene rings is 1. The third-order valence-electron chi connectivity index (χ3n) is 4.66. The van der Waals surface area contributed by atoms with E-state index in [9.17, 15) is 4.79 Å². The second kappa shape index (κ2) is 6.03. The van der Waals surface area contributed by atoms with Crippen LogP contribution in [-0.4, -0.2) is 40.2 Å². The second-order valence-electron chi connectivity index (χ2n) is 6.30. The summed E-state index contributed by atoms with van der Waals surface area (Å²) in [5, 5.41) is 5.69. The molecule has 24 heavy (non-hydrogen) atoms. The predicted octanol–water partition coefficient (Wildman–Crippen LogP) is 2.82. The highest BCUT2D eigenvalue weighted by Crippen LogP contribution is 2.32. The molecule has 5 nitrogen and oxygen atoms in total. The van der Waals surface area contributed by atoms with Crippen molar-refractivity contribution < 1.29 is 4.79 Å². The van der Waals surface area contributed by atoms with Gasteiger partial charge in [0.1, 0.15) is 4.83 Å². The molecule has 1 unspecified atom stereocenters. The van der Waals surface area contributed by atoms with E-state index in [0.29, 0.717) is 12.5 Å². The largest absolute Gasteiger partial charge is 0.338 e. The Morgan fingerprint density at radius 1 is 1.38 bits per heavy atom. The van der Waals surface area contributed by atoms with Crippen molar-refractivity contribution in [2.75, 3.05) is 19.6 Å². The van der Waals surface area contributed by atoms with Crippen LogP contribution < -0.4 is 5.73 Å². The van der Waals surface area contributed by atoms with Gasteiger partial charge >= 0.3 is 0 Å². The molecule has 0 saturated carbocycles. The van der Waals surface area contributed by atoms with E-state index in [1.165, 1.54) is 11.3 Å². The maximum atomic E-state index is 12.8. The molecule has 3 heterocycles. The average Bonchev–Trinajstić information content (AvgIpc) is 3.31. The van der Waals surface area contributed by atoms with Gasteiger partial charge in [-0.2, -0.15) is 5.10 Å². The summed E-state index contributed by atoms with van der Waals surface area (Å²) in [7, 11) is 0. The predicted molar refractivity (Wildman–Crippen MR) is 96.7 cm³/mol. The fourth-order valence-corrected chi connectivity index (χ4v) is 4.41. The number of amides is 1. The van der Waals surface area contributed by atoms with Gasteiger partial charge < -0.3 is 10.6 Å². The normalized spacial score (nSPS) is 17.8. The summed E-state index contributed by atoms with van der Waals surface area (Å²) in [6.07, 6.45) is 1.00. The molecule has 3 aromatic rings. The van der Waals surface area contributed by atoms with E-state index in [0.717, 1.165) is 46.0 Å². The molecule has 4 rings (SSSR count). The molecule has 1 aliphatic heterocycles. The van der Waals surface area contributed by atoms with Crippen LogP contribution in [0.15, 0.2) is 36.4 Å². The van der Waals surface area contributed by atoms with E-state index in [1.807, 2.05) is 52.9 Å². The maximum Gasteiger partial charge on any atom is 0.264 e. The van der Waals surface area contributed by atoms with Crippen LogP contribution in [0.25, 0.3) is 15.9 Å². The smallest absolute Gasteiger partial charge is 0.264 e. The third kappa shape index (κ3) is 2.52. The molecule has 1 atom stereocenters. The minimum absolute atomic E-state index is 0.117. The number of para-hydroxylation sites is 1. The first-order valence-electron chi connectivity index (χ1n) is 8.21. The summed E-state index contributed by atoms with van der Waals surface area (Å²) in [5.41, 5.74) is 7.70. The molecule has 0 bridgehead atoms. The molecule has 2 aromatic heterocycles. The van der Waals surface area contributed by atoms with Gasteiger partial charge in [-0.1, -0.05) is 18.2 Å². The Labute approximate surface area is 144 Å². The van der Waals surface area contributed by atoms with Crippen molar-refractivity contribution in [2.45, 2.75) is 13.3 Å². The van der Waals surface area contributed by atoms with E-state index in [2.05, 4.69) is 5.10 Å². The lowest BCUT2D eigenvalue weighted by atomic mass is 10.1. The summed E-state index contributed by atoms with van der Waals surface area (Å²) in [6.45, 7) is 4.22. The average molecular weight is 340 g/mol. The van der Waals surface area contributed by atoms with Crippen LogP contribution in [0.2, 0.25) is 0 Å². The SMILES string of the molecule is Cc1nn(-c2ccccc2)c2sc(C(=O)N3CCC(CN)C3)cc12. The van der Waals surface area contributed by atoms with Crippen LogP contribution in [0, 0.1) is 12.8 Å². The number of aromatic nitrogens is 2. The fourth-order valence-electron chi connectivity index (χ4n) is 3.26. The zero-order valence-corrected chi connectivity index (χ0v) is 14.4. The lowest BCUT2D eigenvalue weighted by Gasteiger charge is -2.14. The van der Waals surface area contributed by atoms with Gasteiger partial charge in [0.25, 0.3) is 5.91 Å². The third-order valence-corrected chi connectivity index (χ3v) is 5.76. The zero-order chi connectivity index (χ0) is 16.7. The van der Waals surface area contributed by atoms with Gasteiger partial charge in [-0.25, -0.2) is 4.68 Å². The van der Waals surface area contributed by atoms with Gasteiger partial charge in [0.15, 0.2) is 0 Å². The van der Waals surface area contributed by atoms with Gasteiger partial charge in [-0.15, -0.1) is 11.3 Å². The van der Waals surface area contributed by atoms with Gasteiger partial charge in [0.05, 0.1) is 16.3 Å². The minimum atomic E-state index is 0.117. The van der Waals surface area contributed by atoms with Crippen molar-refractivity contribution in [1.29, 1.82) is 0 Å². The molecule has 1 fully saturated rings.